The minimum atomic E-state index is -1.42. The summed E-state index contributed by atoms with van der Waals surface area (Å²) in [5, 5.41) is 10.4. The number of hydrogen-bond donors (Lipinski definition) is 1. The number of esters is 1. The fraction of sp³-hybridized carbons (Fsp3) is 0.250. The van der Waals surface area contributed by atoms with Crippen molar-refractivity contribution in [1.29, 1.82) is 0 Å². The van der Waals surface area contributed by atoms with Crippen LogP contribution in [0.1, 0.15) is 27.8 Å². The molecule has 13 heavy (non-hydrogen) atoms. The zero-order valence-electron chi connectivity index (χ0n) is 6.99. The van der Waals surface area contributed by atoms with Gasteiger partial charge in [-0.25, -0.2) is 4.79 Å². The van der Waals surface area contributed by atoms with Crippen molar-refractivity contribution in [2.75, 3.05) is 6.61 Å². The third-order valence-corrected chi connectivity index (χ3v) is 1.45. The highest BCUT2D eigenvalue weighted by atomic mass is 16.5. The number of rotatable bonds is 3. The lowest BCUT2D eigenvalue weighted by molar-refractivity contribution is -0.255. The molecule has 5 nitrogen and oxygen atoms in total. The van der Waals surface area contributed by atoms with Crippen molar-refractivity contribution in [2.24, 2.45) is 0 Å². The summed E-state index contributed by atoms with van der Waals surface area (Å²) in [6.07, 6.45) is 1.34. The molecule has 70 valence electrons. The third kappa shape index (κ3) is 1.87. The van der Waals surface area contributed by atoms with E-state index in [1.165, 1.54) is 12.3 Å². The standard InChI is InChI=1S/C8H9NO4/c1-2-13-8(12)5-3-4-9-6(5)7(10)11/h3-4,9H,2H2,1H3,(H,10,11)/p-1. The second kappa shape index (κ2) is 3.75. The SMILES string of the molecule is CCOC(=O)c1cc[nH]c1C(=O)[O-]. The quantitative estimate of drug-likeness (QED) is 0.642. The van der Waals surface area contributed by atoms with E-state index >= 15 is 0 Å². The Kier molecular flexibility index (Phi) is 2.69. The number of carboxylic acids is 1. The molecule has 0 atom stereocenters. The Morgan fingerprint density at radius 1 is 1.62 bits per heavy atom. The van der Waals surface area contributed by atoms with Gasteiger partial charge in [0.2, 0.25) is 0 Å². The molecule has 0 amide bonds. The lowest BCUT2D eigenvalue weighted by atomic mass is 10.2. The zero-order valence-corrected chi connectivity index (χ0v) is 6.99. The molecule has 0 bridgehead atoms. The Hall–Kier alpha value is -1.78. The maximum absolute atomic E-state index is 11.1. The molecule has 1 aromatic rings. The minimum absolute atomic E-state index is 0.0122. The fourth-order valence-corrected chi connectivity index (χ4v) is 0.917. The summed E-state index contributed by atoms with van der Waals surface area (Å²) in [5.74, 6) is -2.09. The highest BCUT2D eigenvalue weighted by Gasteiger charge is 2.13. The molecule has 5 heteroatoms. The minimum Gasteiger partial charge on any atom is -0.543 e. The number of nitrogens with one attached hydrogen (secondary N) is 1. The van der Waals surface area contributed by atoms with Crippen LogP contribution in [0, 0.1) is 0 Å². The first kappa shape index (κ1) is 9.31. The number of aromatic nitrogens is 1. The van der Waals surface area contributed by atoms with Crippen molar-refractivity contribution >= 4 is 11.9 Å². The first-order valence-corrected chi connectivity index (χ1v) is 3.72. The molecule has 0 unspecified atom stereocenters. The molecule has 0 aromatic carbocycles. The van der Waals surface area contributed by atoms with E-state index in [9.17, 15) is 14.7 Å². The smallest absolute Gasteiger partial charge is 0.340 e. The van der Waals surface area contributed by atoms with Crippen LogP contribution in [0.4, 0.5) is 0 Å². The van der Waals surface area contributed by atoms with Crippen LogP contribution in [0.5, 0.6) is 0 Å². The Labute approximate surface area is 74.3 Å². The molecular weight excluding hydrogens is 174 g/mol. The summed E-state index contributed by atoms with van der Waals surface area (Å²) in [6, 6.07) is 1.34. The molecule has 0 fully saturated rings. The van der Waals surface area contributed by atoms with Crippen LogP contribution < -0.4 is 5.11 Å². The van der Waals surface area contributed by atoms with Crippen LogP contribution in [0.3, 0.4) is 0 Å². The van der Waals surface area contributed by atoms with Crippen molar-refractivity contribution in [3.05, 3.63) is 23.5 Å². The monoisotopic (exact) mass is 182 g/mol. The molecule has 0 aliphatic rings. The lowest BCUT2D eigenvalue weighted by Gasteiger charge is -2.03. The molecule has 1 rings (SSSR count). The lowest BCUT2D eigenvalue weighted by Crippen LogP contribution is -2.25. The van der Waals surface area contributed by atoms with Gasteiger partial charge in [-0.1, -0.05) is 0 Å². The van der Waals surface area contributed by atoms with Gasteiger partial charge >= 0.3 is 5.97 Å². The van der Waals surface area contributed by atoms with Gasteiger partial charge in [0.15, 0.2) is 0 Å². The molecule has 0 saturated heterocycles. The largest absolute Gasteiger partial charge is 0.543 e. The van der Waals surface area contributed by atoms with Crippen LogP contribution in [0.2, 0.25) is 0 Å². The molecular formula is C8H8NO4-. The van der Waals surface area contributed by atoms with E-state index in [1.54, 1.807) is 6.92 Å². The van der Waals surface area contributed by atoms with Gasteiger partial charge in [0.1, 0.15) is 0 Å². The first-order valence-electron chi connectivity index (χ1n) is 3.72. The highest BCUT2D eigenvalue weighted by Crippen LogP contribution is 2.07. The van der Waals surface area contributed by atoms with Gasteiger partial charge in [0.25, 0.3) is 0 Å². The Morgan fingerprint density at radius 3 is 2.85 bits per heavy atom. The number of aromatic amines is 1. The number of carbonyl (C=O) groups excluding carboxylic acids is 2. The molecule has 0 spiro atoms. The van der Waals surface area contributed by atoms with Gasteiger partial charge < -0.3 is 19.6 Å². The molecule has 1 N–H and O–H groups in total. The van der Waals surface area contributed by atoms with E-state index in [2.05, 4.69) is 9.72 Å². The highest BCUT2D eigenvalue weighted by molar-refractivity contribution is 6.00. The van der Waals surface area contributed by atoms with Crippen LogP contribution >= 0.6 is 0 Å². The van der Waals surface area contributed by atoms with E-state index in [4.69, 9.17) is 0 Å². The van der Waals surface area contributed by atoms with Crippen LogP contribution in [-0.2, 0) is 4.74 Å². The second-order valence-electron chi connectivity index (χ2n) is 2.27. The number of carbonyl (C=O) groups is 2. The molecule has 0 aliphatic heterocycles. The summed E-state index contributed by atoms with van der Waals surface area (Å²) in [4.78, 5) is 23.9. The summed E-state index contributed by atoms with van der Waals surface area (Å²) in [5.41, 5.74) is -0.264. The first-order chi connectivity index (χ1) is 6.16. The Morgan fingerprint density at radius 2 is 2.31 bits per heavy atom. The number of aromatic carboxylic acids is 1. The molecule has 1 aromatic heterocycles. The van der Waals surface area contributed by atoms with Crippen molar-refractivity contribution in [2.45, 2.75) is 6.92 Å². The number of H-pyrrole nitrogens is 1. The van der Waals surface area contributed by atoms with Gasteiger partial charge in [0.05, 0.1) is 23.8 Å². The molecule has 1 heterocycles. The van der Waals surface area contributed by atoms with E-state index in [1.807, 2.05) is 0 Å². The van der Waals surface area contributed by atoms with E-state index in [0.29, 0.717) is 0 Å². The van der Waals surface area contributed by atoms with Gasteiger partial charge in [-0.05, 0) is 13.0 Å². The summed E-state index contributed by atoms with van der Waals surface area (Å²) in [7, 11) is 0. The van der Waals surface area contributed by atoms with Gasteiger partial charge in [-0.3, -0.25) is 0 Å². The summed E-state index contributed by atoms with van der Waals surface area (Å²) >= 11 is 0. The predicted octanol–water partition coefficient (Wildman–Crippen LogP) is -0.445. The van der Waals surface area contributed by atoms with E-state index in [-0.39, 0.29) is 17.9 Å². The number of hydrogen-bond acceptors (Lipinski definition) is 4. The van der Waals surface area contributed by atoms with Gasteiger partial charge in [-0.2, -0.15) is 0 Å². The maximum Gasteiger partial charge on any atom is 0.340 e. The number of ether oxygens (including phenoxy) is 1. The summed E-state index contributed by atoms with van der Waals surface area (Å²) < 4.78 is 4.63. The van der Waals surface area contributed by atoms with Crippen molar-refractivity contribution in [1.82, 2.24) is 4.98 Å². The Balaban J connectivity index is 2.93. The van der Waals surface area contributed by atoms with E-state index in [0.717, 1.165) is 0 Å². The van der Waals surface area contributed by atoms with E-state index < -0.39 is 11.9 Å². The van der Waals surface area contributed by atoms with Crippen LogP contribution in [0.25, 0.3) is 0 Å². The fourth-order valence-electron chi connectivity index (χ4n) is 0.917. The van der Waals surface area contributed by atoms with Gasteiger partial charge in [0, 0.05) is 6.20 Å². The summed E-state index contributed by atoms with van der Waals surface area (Å²) in [6.45, 7) is 1.85. The predicted molar refractivity (Wildman–Crippen MR) is 41.1 cm³/mol. The molecule has 0 aliphatic carbocycles. The van der Waals surface area contributed by atoms with Crippen molar-refractivity contribution < 1.29 is 19.4 Å². The average molecular weight is 182 g/mol. The maximum atomic E-state index is 11.1. The molecule has 0 radical (unpaired) electrons. The topological polar surface area (TPSA) is 82.2 Å². The molecule has 0 saturated carbocycles. The normalized spacial score (nSPS) is 9.62. The van der Waals surface area contributed by atoms with Gasteiger partial charge in [-0.15, -0.1) is 0 Å². The van der Waals surface area contributed by atoms with Crippen molar-refractivity contribution in [3.8, 4) is 0 Å². The van der Waals surface area contributed by atoms with Crippen LogP contribution in [-0.4, -0.2) is 23.5 Å². The third-order valence-electron chi connectivity index (χ3n) is 1.45. The average Bonchev–Trinajstić information content (AvgIpc) is 2.52. The second-order valence-corrected chi connectivity index (χ2v) is 2.27. The Bertz CT molecular complexity index is 329. The number of carboxylic acid groups (broad SMARTS) is 1. The van der Waals surface area contributed by atoms with Crippen molar-refractivity contribution in [3.63, 3.8) is 0 Å². The zero-order chi connectivity index (χ0) is 9.84. The van der Waals surface area contributed by atoms with Crippen LogP contribution in [0.15, 0.2) is 12.3 Å².